The van der Waals surface area contributed by atoms with E-state index in [1.165, 1.54) is 16.8 Å². The topological polar surface area (TPSA) is 111 Å². The largest absolute Gasteiger partial charge is 0.463 e. The maximum absolute atomic E-state index is 11.7. The monoisotopic (exact) mass is 298 g/mol. The molecule has 3 atom stereocenters. The van der Waals surface area contributed by atoms with Crippen LogP contribution < -0.4 is 11.2 Å². The number of hydrogen-bond acceptors (Lipinski definition) is 6. The van der Waals surface area contributed by atoms with Gasteiger partial charge >= 0.3 is 11.7 Å². The summed E-state index contributed by atoms with van der Waals surface area (Å²) >= 11 is 0. The van der Waals surface area contributed by atoms with Gasteiger partial charge in [-0.25, -0.2) is 4.79 Å². The molecule has 0 bridgehead atoms. The van der Waals surface area contributed by atoms with Crippen LogP contribution in [-0.2, 0) is 14.3 Å². The van der Waals surface area contributed by atoms with E-state index in [1.54, 1.807) is 13.8 Å². The number of esters is 1. The first kappa shape index (κ1) is 15.5. The Balaban J connectivity index is 2.02. The SMILES string of the molecule is CC(C)C(=O)OC[C@H]1O[C@@H](n2ccc(=O)[nH]c2=O)C[C@@H]1O. The molecule has 116 valence electrons. The second-order valence-corrected chi connectivity index (χ2v) is 5.23. The number of carbonyl (C=O) groups excluding carboxylic acids is 1. The van der Waals surface area contributed by atoms with E-state index in [0.29, 0.717) is 0 Å². The molecule has 1 fully saturated rings. The molecule has 1 saturated heterocycles. The molecule has 1 aromatic heterocycles. The molecule has 0 spiro atoms. The van der Waals surface area contributed by atoms with Gasteiger partial charge in [0.1, 0.15) is 18.9 Å². The minimum absolute atomic E-state index is 0.0766. The molecule has 1 aliphatic heterocycles. The molecular weight excluding hydrogens is 280 g/mol. The van der Waals surface area contributed by atoms with Crippen molar-refractivity contribution < 1.29 is 19.4 Å². The summed E-state index contributed by atoms with van der Waals surface area (Å²) in [5.41, 5.74) is -1.11. The Morgan fingerprint density at radius 3 is 2.90 bits per heavy atom. The normalized spacial score (nSPS) is 25.2. The van der Waals surface area contributed by atoms with Crippen molar-refractivity contribution in [1.29, 1.82) is 0 Å². The molecule has 0 aliphatic carbocycles. The number of aliphatic hydroxyl groups excluding tert-OH is 1. The van der Waals surface area contributed by atoms with Crippen molar-refractivity contribution in [2.24, 2.45) is 5.92 Å². The van der Waals surface area contributed by atoms with Crippen molar-refractivity contribution in [3.63, 3.8) is 0 Å². The van der Waals surface area contributed by atoms with Gasteiger partial charge in [-0.2, -0.15) is 0 Å². The van der Waals surface area contributed by atoms with Crippen LogP contribution in [0, 0.1) is 5.92 Å². The quantitative estimate of drug-likeness (QED) is 0.717. The lowest BCUT2D eigenvalue weighted by molar-refractivity contribution is -0.153. The third-order valence-electron chi connectivity index (χ3n) is 3.23. The molecule has 1 aliphatic rings. The third-order valence-corrected chi connectivity index (χ3v) is 3.23. The third kappa shape index (κ3) is 3.59. The number of nitrogens with one attached hydrogen (secondary N) is 1. The highest BCUT2D eigenvalue weighted by Gasteiger charge is 2.36. The van der Waals surface area contributed by atoms with E-state index in [2.05, 4.69) is 4.98 Å². The van der Waals surface area contributed by atoms with Crippen LogP contribution in [0.4, 0.5) is 0 Å². The van der Waals surface area contributed by atoms with E-state index >= 15 is 0 Å². The first-order valence-electron chi connectivity index (χ1n) is 6.70. The van der Waals surface area contributed by atoms with Gasteiger partial charge in [-0.1, -0.05) is 13.8 Å². The summed E-state index contributed by atoms with van der Waals surface area (Å²) in [5.74, 6) is -0.642. The number of ether oxygens (including phenoxy) is 2. The molecule has 8 nitrogen and oxygen atoms in total. The minimum Gasteiger partial charge on any atom is -0.463 e. The summed E-state index contributed by atoms with van der Waals surface area (Å²) in [6, 6.07) is 1.20. The lowest BCUT2D eigenvalue weighted by Crippen LogP contribution is -2.32. The number of aliphatic hydroxyl groups is 1. The Kier molecular flexibility index (Phi) is 4.59. The van der Waals surface area contributed by atoms with Crippen LogP contribution >= 0.6 is 0 Å². The summed E-state index contributed by atoms with van der Waals surface area (Å²) in [7, 11) is 0. The molecule has 0 amide bonds. The maximum Gasteiger partial charge on any atom is 0.330 e. The van der Waals surface area contributed by atoms with Gasteiger partial charge in [0.2, 0.25) is 0 Å². The Hall–Kier alpha value is -1.93. The van der Waals surface area contributed by atoms with E-state index in [4.69, 9.17) is 9.47 Å². The molecule has 8 heteroatoms. The fraction of sp³-hybridized carbons (Fsp3) is 0.615. The molecule has 0 saturated carbocycles. The average Bonchev–Trinajstić information content (AvgIpc) is 2.76. The highest BCUT2D eigenvalue weighted by molar-refractivity contribution is 5.71. The van der Waals surface area contributed by atoms with Crippen LogP contribution in [0.15, 0.2) is 21.9 Å². The van der Waals surface area contributed by atoms with Gasteiger partial charge in [0.15, 0.2) is 0 Å². The van der Waals surface area contributed by atoms with Crippen molar-refractivity contribution in [1.82, 2.24) is 9.55 Å². The lowest BCUT2D eigenvalue weighted by atomic mass is 10.2. The minimum atomic E-state index is -0.853. The van der Waals surface area contributed by atoms with E-state index in [-0.39, 0.29) is 24.9 Å². The summed E-state index contributed by atoms with van der Waals surface area (Å²) in [6.45, 7) is 3.33. The number of nitrogens with zero attached hydrogens (tertiary/aromatic N) is 1. The zero-order chi connectivity index (χ0) is 15.6. The van der Waals surface area contributed by atoms with Crippen molar-refractivity contribution in [3.05, 3.63) is 33.1 Å². The standard InChI is InChI=1S/C13H18N2O6/c1-7(2)12(18)20-6-9-8(16)5-11(21-9)15-4-3-10(17)14-13(15)19/h3-4,7-9,11,16H,5-6H2,1-2H3,(H,14,17,19)/t8-,9+,11+/m0/s1. The molecule has 2 rings (SSSR count). The Bertz CT molecular complexity index is 620. The number of hydrogen-bond donors (Lipinski definition) is 2. The molecule has 0 radical (unpaired) electrons. The van der Waals surface area contributed by atoms with Gasteiger partial charge in [0.25, 0.3) is 5.56 Å². The highest BCUT2D eigenvalue weighted by atomic mass is 16.6. The van der Waals surface area contributed by atoms with Gasteiger partial charge in [0.05, 0.1) is 12.0 Å². The smallest absolute Gasteiger partial charge is 0.330 e. The van der Waals surface area contributed by atoms with E-state index in [1.807, 2.05) is 0 Å². The van der Waals surface area contributed by atoms with Crippen molar-refractivity contribution in [2.75, 3.05) is 6.61 Å². The van der Waals surface area contributed by atoms with E-state index < -0.39 is 29.7 Å². The van der Waals surface area contributed by atoms with Crippen molar-refractivity contribution in [3.8, 4) is 0 Å². The van der Waals surface area contributed by atoms with Gasteiger partial charge in [-0.15, -0.1) is 0 Å². The lowest BCUT2D eigenvalue weighted by Gasteiger charge is -2.16. The zero-order valence-corrected chi connectivity index (χ0v) is 11.8. The summed E-state index contributed by atoms with van der Waals surface area (Å²) in [5, 5.41) is 9.91. The predicted molar refractivity (Wildman–Crippen MR) is 71.7 cm³/mol. The first-order chi connectivity index (χ1) is 9.88. The highest BCUT2D eigenvalue weighted by Crippen LogP contribution is 2.27. The molecule has 1 aromatic rings. The molecular formula is C13H18N2O6. The molecule has 0 unspecified atom stereocenters. The summed E-state index contributed by atoms with van der Waals surface area (Å²) < 4.78 is 11.7. The fourth-order valence-corrected chi connectivity index (χ4v) is 2.02. The number of rotatable bonds is 4. The molecule has 21 heavy (non-hydrogen) atoms. The Morgan fingerprint density at radius 1 is 1.57 bits per heavy atom. The van der Waals surface area contributed by atoms with Crippen LogP contribution in [0.2, 0.25) is 0 Å². The van der Waals surface area contributed by atoms with Crippen LogP contribution in [0.25, 0.3) is 0 Å². The number of aromatic amines is 1. The predicted octanol–water partition coefficient (Wildman–Crippen LogP) is -0.616. The van der Waals surface area contributed by atoms with Crippen LogP contribution in [-0.4, -0.2) is 39.4 Å². The first-order valence-corrected chi connectivity index (χ1v) is 6.70. The van der Waals surface area contributed by atoms with Crippen molar-refractivity contribution in [2.45, 2.75) is 38.7 Å². The second-order valence-electron chi connectivity index (χ2n) is 5.23. The van der Waals surface area contributed by atoms with Crippen LogP contribution in [0.3, 0.4) is 0 Å². The average molecular weight is 298 g/mol. The summed E-state index contributed by atoms with van der Waals surface area (Å²) in [6.07, 6.45) is -0.769. The van der Waals surface area contributed by atoms with E-state index in [0.717, 1.165) is 0 Å². The Morgan fingerprint density at radius 2 is 2.29 bits per heavy atom. The molecule has 0 aromatic carbocycles. The van der Waals surface area contributed by atoms with Gasteiger partial charge < -0.3 is 14.6 Å². The molecule has 2 N–H and O–H groups in total. The number of aromatic nitrogens is 2. The fourth-order valence-electron chi connectivity index (χ4n) is 2.02. The zero-order valence-electron chi connectivity index (χ0n) is 11.8. The maximum atomic E-state index is 11.7. The van der Waals surface area contributed by atoms with Gasteiger partial charge in [-0.3, -0.25) is 19.1 Å². The van der Waals surface area contributed by atoms with Gasteiger partial charge in [0, 0.05) is 18.7 Å². The second kappa shape index (κ2) is 6.23. The summed E-state index contributed by atoms with van der Waals surface area (Å²) in [4.78, 5) is 36.2. The van der Waals surface area contributed by atoms with Crippen LogP contribution in [0.5, 0.6) is 0 Å². The van der Waals surface area contributed by atoms with Crippen LogP contribution in [0.1, 0.15) is 26.5 Å². The number of carbonyl (C=O) groups is 1. The number of H-pyrrole nitrogens is 1. The van der Waals surface area contributed by atoms with Gasteiger partial charge in [-0.05, 0) is 0 Å². The van der Waals surface area contributed by atoms with Crippen molar-refractivity contribution >= 4 is 5.97 Å². The Labute approximate surface area is 120 Å². The van der Waals surface area contributed by atoms with E-state index in [9.17, 15) is 19.5 Å². The molecule has 2 heterocycles.